The van der Waals surface area contributed by atoms with Crippen LogP contribution in [0.15, 0.2) is 40.2 Å². The van der Waals surface area contributed by atoms with Crippen molar-refractivity contribution in [3.8, 4) is 0 Å². The molecule has 0 aliphatic carbocycles. The molecule has 1 saturated heterocycles. The zero-order chi connectivity index (χ0) is 18.5. The van der Waals surface area contributed by atoms with Crippen molar-refractivity contribution in [2.45, 2.75) is 6.42 Å². The maximum atomic E-state index is 13.8. The van der Waals surface area contributed by atoms with E-state index in [9.17, 15) is 14.0 Å². The molecule has 3 amide bonds. The number of nitrogens with zero attached hydrogens (tertiary/aromatic N) is 2. The summed E-state index contributed by atoms with van der Waals surface area (Å²) in [4.78, 5) is 29.1. The molecule has 1 aromatic heterocycles. The quantitative estimate of drug-likeness (QED) is 0.793. The number of thiophene rings is 1. The minimum absolute atomic E-state index is 0.0764. The molecule has 26 heavy (non-hydrogen) atoms. The first-order valence-electron chi connectivity index (χ1n) is 8.35. The number of amides is 3. The number of hydrogen-bond donors (Lipinski definition) is 1. The molecule has 1 N–H and O–H groups in total. The Morgan fingerprint density at radius 1 is 1.08 bits per heavy atom. The summed E-state index contributed by atoms with van der Waals surface area (Å²) in [6, 6.07) is 9.87. The van der Waals surface area contributed by atoms with Crippen molar-refractivity contribution in [3.05, 3.63) is 56.4 Å². The van der Waals surface area contributed by atoms with E-state index in [-0.39, 0.29) is 17.5 Å². The molecule has 0 atom stereocenters. The van der Waals surface area contributed by atoms with Crippen LogP contribution in [0.4, 0.5) is 9.18 Å². The fourth-order valence-electron chi connectivity index (χ4n) is 2.81. The number of carbonyl (C=O) groups excluding carboxylic acids is 2. The van der Waals surface area contributed by atoms with Gasteiger partial charge in [0.25, 0.3) is 5.91 Å². The van der Waals surface area contributed by atoms with Gasteiger partial charge in [-0.1, -0.05) is 12.1 Å². The van der Waals surface area contributed by atoms with Gasteiger partial charge in [-0.15, -0.1) is 11.3 Å². The van der Waals surface area contributed by atoms with Crippen LogP contribution in [-0.2, 0) is 6.42 Å². The molecule has 2 heterocycles. The van der Waals surface area contributed by atoms with Crippen molar-refractivity contribution < 1.29 is 14.0 Å². The molecule has 3 rings (SSSR count). The number of piperazine rings is 1. The van der Waals surface area contributed by atoms with E-state index in [0.717, 1.165) is 10.2 Å². The van der Waals surface area contributed by atoms with Crippen LogP contribution >= 0.6 is 27.3 Å². The number of urea groups is 1. The van der Waals surface area contributed by atoms with Gasteiger partial charge < -0.3 is 15.1 Å². The van der Waals surface area contributed by atoms with Crippen LogP contribution in [0, 0.1) is 5.82 Å². The van der Waals surface area contributed by atoms with E-state index in [0.29, 0.717) is 32.7 Å². The number of rotatable bonds is 4. The molecule has 1 aliphatic rings. The highest BCUT2D eigenvalue weighted by Gasteiger charge is 2.25. The van der Waals surface area contributed by atoms with Crippen LogP contribution in [0.2, 0.25) is 0 Å². The minimum Gasteiger partial charge on any atom is -0.338 e. The number of carbonyl (C=O) groups is 2. The van der Waals surface area contributed by atoms with Crippen LogP contribution in [0.5, 0.6) is 0 Å². The van der Waals surface area contributed by atoms with E-state index in [2.05, 4.69) is 21.2 Å². The van der Waals surface area contributed by atoms with Crippen LogP contribution < -0.4 is 5.32 Å². The van der Waals surface area contributed by atoms with Gasteiger partial charge in [0.1, 0.15) is 5.82 Å². The standard InChI is InChI=1S/C18H19BrFN3O2S/c19-16-6-5-13(26-16)7-8-21-18(25)23-11-9-22(10-12-23)17(24)14-3-1-2-4-15(14)20/h1-6H,7-12H2,(H,21,25). The van der Waals surface area contributed by atoms with Crippen molar-refractivity contribution in [1.82, 2.24) is 15.1 Å². The minimum atomic E-state index is -0.516. The second-order valence-corrected chi connectivity index (χ2v) is 8.49. The average molecular weight is 440 g/mol. The summed E-state index contributed by atoms with van der Waals surface area (Å²) in [5, 5.41) is 2.91. The molecule has 1 aliphatic heterocycles. The Hall–Kier alpha value is -1.93. The molecule has 1 fully saturated rings. The van der Waals surface area contributed by atoms with Crippen molar-refractivity contribution >= 4 is 39.2 Å². The van der Waals surface area contributed by atoms with Gasteiger partial charge in [0, 0.05) is 37.6 Å². The first-order valence-corrected chi connectivity index (χ1v) is 9.96. The highest BCUT2D eigenvalue weighted by Crippen LogP contribution is 2.22. The Balaban J connectivity index is 1.45. The van der Waals surface area contributed by atoms with Crippen molar-refractivity contribution in [2.24, 2.45) is 0 Å². The lowest BCUT2D eigenvalue weighted by atomic mass is 10.1. The highest BCUT2D eigenvalue weighted by atomic mass is 79.9. The first-order chi connectivity index (χ1) is 12.5. The zero-order valence-corrected chi connectivity index (χ0v) is 16.5. The predicted molar refractivity (Wildman–Crippen MR) is 103 cm³/mol. The lowest BCUT2D eigenvalue weighted by Gasteiger charge is -2.34. The van der Waals surface area contributed by atoms with Crippen molar-refractivity contribution in [1.29, 1.82) is 0 Å². The fourth-order valence-corrected chi connectivity index (χ4v) is 4.29. The van der Waals surface area contributed by atoms with Crippen molar-refractivity contribution in [2.75, 3.05) is 32.7 Å². The predicted octanol–water partition coefficient (Wildman–Crippen LogP) is 3.36. The summed E-state index contributed by atoms with van der Waals surface area (Å²) < 4.78 is 14.8. The summed E-state index contributed by atoms with van der Waals surface area (Å²) in [6.45, 7) is 2.25. The molecule has 0 unspecified atom stereocenters. The number of benzene rings is 1. The molecule has 2 aromatic rings. The third-order valence-electron chi connectivity index (χ3n) is 4.23. The van der Waals surface area contributed by atoms with Crippen LogP contribution in [0.25, 0.3) is 0 Å². The Kier molecular flexibility index (Phi) is 6.26. The fraction of sp³-hybridized carbons (Fsp3) is 0.333. The average Bonchev–Trinajstić information content (AvgIpc) is 3.07. The first kappa shape index (κ1) is 18.8. The van der Waals surface area contributed by atoms with Gasteiger partial charge in [-0.05, 0) is 46.6 Å². The topological polar surface area (TPSA) is 52.7 Å². The third-order valence-corrected chi connectivity index (χ3v) is 5.92. The molecule has 1 aromatic carbocycles. The van der Waals surface area contributed by atoms with Gasteiger partial charge >= 0.3 is 6.03 Å². The summed E-state index contributed by atoms with van der Waals surface area (Å²) in [5.41, 5.74) is 0.0764. The van der Waals surface area contributed by atoms with Gasteiger partial charge in [-0.2, -0.15) is 0 Å². The monoisotopic (exact) mass is 439 g/mol. The van der Waals surface area contributed by atoms with E-state index < -0.39 is 5.82 Å². The van der Waals surface area contributed by atoms with Crippen LogP contribution in [0.1, 0.15) is 15.2 Å². The van der Waals surface area contributed by atoms with Crippen LogP contribution in [-0.4, -0.2) is 54.5 Å². The van der Waals surface area contributed by atoms with E-state index in [1.165, 1.54) is 17.0 Å². The number of nitrogens with one attached hydrogen (secondary N) is 1. The Morgan fingerprint density at radius 2 is 1.77 bits per heavy atom. The Morgan fingerprint density at radius 3 is 2.42 bits per heavy atom. The summed E-state index contributed by atoms with van der Waals surface area (Å²) >= 11 is 5.08. The van der Waals surface area contributed by atoms with E-state index in [1.807, 2.05) is 12.1 Å². The molecule has 138 valence electrons. The SMILES string of the molecule is O=C(NCCc1ccc(Br)s1)N1CCN(C(=O)c2ccccc2F)CC1. The molecular formula is C18H19BrFN3O2S. The lowest BCUT2D eigenvalue weighted by Crippen LogP contribution is -2.53. The van der Waals surface area contributed by atoms with Gasteiger partial charge in [0.05, 0.1) is 9.35 Å². The number of halogens is 2. The van der Waals surface area contributed by atoms with Gasteiger partial charge in [0.15, 0.2) is 0 Å². The van der Waals surface area contributed by atoms with E-state index >= 15 is 0 Å². The third kappa shape index (κ3) is 4.62. The van der Waals surface area contributed by atoms with E-state index in [4.69, 9.17) is 0 Å². The zero-order valence-electron chi connectivity index (χ0n) is 14.1. The van der Waals surface area contributed by atoms with Gasteiger partial charge in [0.2, 0.25) is 0 Å². The smallest absolute Gasteiger partial charge is 0.317 e. The lowest BCUT2D eigenvalue weighted by molar-refractivity contribution is 0.0660. The van der Waals surface area contributed by atoms with Gasteiger partial charge in [-0.25, -0.2) is 9.18 Å². The Bertz CT molecular complexity index is 790. The Labute approximate surface area is 163 Å². The van der Waals surface area contributed by atoms with E-state index in [1.54, 1.807) is 33.3 Å². The molecular weight excluding hydrogens is 421 g/mol. The largest absolute Gasteiger partial charge is 0.338 e. The highest BCUT2D eigenvalue weighted by molar-refractivity contribution is 9.11. The molecule has 0 saturated carbocycles. The summed E-state index contributed by atoms with van der Waals surface area (Å²) in [6.07, 6.45) is 0.785. The molecule has 8 heteroatoms. The molecule has 0 radical (unpaired) electrons. The van der Waals surface area contributed by atoms with Gasteiger partial charge in [-0.3, -0.25) is 4.79 Å². The second kappa shape index (κ2) is 8.64. The normalized spacial score (nSPS) is 14.4. The molecule has 5 nitrogen and oxygen atoms in total. The maximum absolute atomic E-state index is 13.8. The summed E-state index contributed by atoms with van der Waals surface area (Å²) in [5.74, 6) is -0.843. The number of hydrogen-bond acceptors (Lipinski definition) is 3. The maximum Gasteiger partial charge on any atom is 0.317 e. The summed E-state index contributed by atoms with van der Waals surface area (Å²) in [7, 11) is 0. The molecule has 0 bridgehead atoms. The van der Waals surface area contributed by atoms with Crippen LogP contribution in [0.3, 0.4) is 0 Å². The second-order valence-electron chi connectivity index (χ2n) is 5.95. The van der Waals surface area contributed by atoms with Crippen molar-refractivity contribution in [3.63, 3.8) is 0 Å². The molecule has 0 spiro atoms.